The molecule has 130 valence electrons. The number of fused-ring (bicyclic) bond motifs is 1. The van der Waals surface area contributed by atoms with Crippen molar-refractivity contribution in [2.75, 3.05) is 5.75 Å². The molecule has 2 aromatic carbocycles. The Morgan fingerprint density at radius 1 is 1.15 bits per heavy atom. The maximum atomic E-state index is 12.5. The molecule has 0 saturated carbocycles. The van der Waals surface area contributed by atoms with Crippen LogP contribution in [0.2, 0.25) is 0 Å². The molecule has 0 atom stereocenters. The van der Waals surface area contributed by atoms with Crippen molar-refractivity contribution in [1.82, 2.24) is 24.7 Å². The van der Waals surface area contributed by atoms with Crippen LogP contribution >= 0.6 is 27.7 Å². The first-order chi connectivity index (χ1) is 12.7. The van der Waals surface area contributed by atoms with E-state index in [9.17, 15) is 4.79 Å². The van der Waals surface area contributed by atoms with Crippen LogP contribution in [0.5, 0.6) is 0 Å². The highest BCUT2D eigenvalue weighted by Gasteiger charge is 2.08. The molecule has 0 aliphatic heterocycles. The van der Waals surface area contributed by atoms with E-state index in [2.05, 4.69) is 36.1 Å². The van der Waals surface area contributed by atoms with E-state index < -0.39 is 0 Å². The molecule has 4 aromatic rings. The lowest BCUT2D eigenvalue weighted by Gasteiger charge is -2.05. The molecular weight excluding hydrogens is 414 g/mol. The van der Waals surface area contributed by atoms with E-state index in [0.29, 0.717) is 28.4 Å². The van der Waals surface area contributed by atoms with Gasteiger partial charge in [-0.2, -0.15) is 0 Å². The number of thioether (sulfide) groups is 1. The summed E-state index contributed by atoms with van der Waals surface area (Å²) >= 11 is 4.95. The van der Waals surface area contributed by atoms with Gasteiger partial charge in [-0.05, 0) is 24.3 Å². The molecule has 4 rings (SSSR count). The number of benzene rings is 2. The zero-order valence-corrected chi connectivity index (χ0v) is 16.0. The van der Waals surface area contributed by atoms with Gasteiger partial charge in [-0.25, -0.2) is 9.97 Å². The number of halogens is 1. The van der Waals surface area contributed by atoms with Crippen molar-refractivity contribution in [2.45, 2.75) is 11.7 Å². The van der Waals surface area contributed by atoms with Crippen LogP contribution in [0.15, 0.2) is 69.3 Å². The van der Waals surface area contributed by atoms with Crippen molar-refractivity contribution in [2.24, 2.45) is 0 Å². The molecule has 2 aromatic heterocycles. The molecule has 0 fully saturated rings. The van der Waals surface area contributed by atoms with Gasteiger partial charge in [0.2, 0.25) is 5.16 Å². The molecule has 26 heavy (non-hydrogen) atoms. The zero-order valence-electron chi connectivity index (χ0n) is 13.6. The molecule has 1 N–H and O–H groups in total. The zero-order chi connectivity index (χ0) is 17.9. The van der Waals surface area contributed by atoms with Crippen molar-refractivity contribution < 1.29 is 0 Å². The number of hydrogen-bond acceptors (Lipinski definition) is 5. The van der Waals surface area contributed by atoms with Gasteiger partial charge in [0.05, 0.1) is 17.2 Å². The van der Waals surface area contributed by atoms with Gasteiger partial charge in [0.25, 0.3) is 5.56 Å². The fraction of sp³-hybridized carbons (Fsp3) is 0.111. The van der Waals surface area contributed by atoms with E-state index in [-0.39, 0.29) is 5.56 Å². The Balaban J connectivity index is 1.44. The molecule has 0 spiro atoms. The summed E-state index contributed by atoms with van der Waals surface area (Å²) in [6.07, 6.45) is 1.59. The number of nitrogens with zero attached hydrogens (tertiary/aromatic N) is 4. The third-order valence-corrected chi connectivity index (χ3v) is 5.18. The average molecular weight is 428 g/mol. The molecular formula is C18H14BrN5OS. The number of rotatable bonds is 5. The van der Waals surface area contributed by atoms with Crippen LogP contribution in [0, 0.1) is 0 Å². The van der Waals surface area contributed by atoms with Gasteiger partial charge < -0.3 is 0 Å². The van der Waals surface area contributed by atoms with Crippen LogP contribution in [0.25, 0.3) is 22.3 Å². The highest BCUT2D eigenvalue weighted by atomic mass is 79.9. The van der Waals surface area contributed by atoms with E-state index in [0.717, 1.165) is 15.9 Å². The molecule has 0 unspecified atom stereocenters. The van der Waals surface area contributed by atoms with Crippen molar-refractivity contribution >= 4 is 38.6 Å². The van der Waals surface area contributed by atoms with Crippen LogP contribution < -0.4 is 5.56 Å². The highest BCUT2D eigenvalue weighted by molar-refractivity contribution is 9.10. The predicted octanol–water partition coefficient (Wildman–Crippen LogP) is 3.74. The predicted molar refractivity (Wildman–Crippen MR) is 106 cm³/mol. The Morgan fingerprint density at radius 3 is 2.92 bits per heavy atom. The van der Waals surface area contributed by atoms with Crippen LogP contribution in [0.1, 0.15) is 0 Å². The fourth-order valence-corrected chi connectivity index (χ4v) is 3.71. The summed E-state index contributed by atoms with van der Waals surface area (Å²) in [7, 11) is 0. The lowest BCUT2D eigenvalue weighted by atomic mass is 10.2. The minimum Gasteiger partial charge on any atom is -0.298 e. The van der Waals surface area contributed by atoms with E-state index in [1.165, 1.54) is 11.8 Å². The van der Waals surface area contributed by atoms with Crippen LogP contribution in [-0.2, 0) is 6.54 Å². The monoisotopic (exact) mass is 427 g/mol. The second kappa shape index (κ2) is 7.43. The molecule has 0 aliphatic rings. The molecule has 0 aliphatic carbocycles. The van der Waals surface area contributed by atoms with Crippen molar-refractivity contribution in [3.63, 3.8) is 0 Å². The number of aryl methyl sites for hydroxylation is 1. The number of para-hydroxylation sites is 1. The van der Waals surface area contributed by atoms with Gasteiger partial charge in [0, 0.05) is 22.3 Å². The summed E-state index contributed by atoms with van der Waals surface area (Å²) in [5.41, 5.74) is 1.66. The lowest BCUT2D eigenvalue weighted by Crippen LogP contribution is -2.21. The Kier molecular flexibility index (Phi) is 4.85. The maximum absolute atomic E-state index is 12.5. The Morgan fingerprint density at radius 2 is 2.04 bits per heavy atom. The second-order valence-corrected chi connectivity index (χ2v) is 7.56. The molecule has 6 nitrogen and oxygen atoms in total. The normalized spacial score (nSPS) is 11.1. The standard InChI is InChI=1S/C18H14BrN5OS/c19-13-5-3-4-12(10-13)16-21-18(23-22-16)26-9-8-24-11-20-15-7-2-1-6-14(15)17(24)25/h1-7,10-11H,8-9H2,(H,21,22,23). The minimum absolute atomic E-state index is 0.0268. The van der Waals surface area contributed by atoms with Crippen molar-refractivity contribution in [3.8, 4) is 11.4 Å². The molecule has 0 saturated heterocycles. The molecule has 8 heteroatoms. The van der Waals surface area contributed by atoms with Gasteiger partial charge in [-0.3, -0.25) is 14.5 Å². The molecule has 0 radical (unpaired) electrons. The number of H-pyrrole nitrogens is 1. The summed E-state index contributed by atoms with van der Waals surface area (Å²) in [5, 5.41) is 8.47. The smallest absolute Gasteiger partial charge is 0.261 e. The lowest BCUT2D eigenvalue weighted by molar-refractivity contribution is 0.724. The summed E-state index contributed by atoms with van der Waals surface area (Å²) in [4.78, 5) is 21.3. The first kappa shape index (κ1) is 17.0. The number of hydrogen-bond donors (Lipinski definition) is 1. The number of aromatic nitrogens is 5. The maximum Gasteiger partial charge on any atom is 0.261 e. The number of nitrogens with one attached hydrogen (secondary N) is 1. The Labute approximate surface area is 161 Å². The quantitative estimate of drug-likeness (QED) is 0.490. The third kappa shape index (κ3) is 3.56. The molecule has 0 bridgehead atoms. The van der Waals surface area contributed by atoms with Gasteiger partial charge >= 0.3 is 0 Å². The van der Waals surface area contributed by atoms with Crippen LogP contribution in [-0.4, -0.2) is 30.5 Å². The van der Waals surface area contributed by atoms with Gasteiger partial charge in [-0.15, -0.1) is 5.10 Å². The number of aromatic amines is 1. The fourth-order valence-electron chi connectivity index (χ4n) is 2.58. The Bertz CT molecular complexity index is 1120. The second-order valence-electron chi connectivity index (χ2n) is 5.59. The summed E-state index contributed by atoms with van der Waals surface area (Å²) in [6, 6.07) is 15.2. The van der Waals surface area contributed by atoms with E-state index >= 15 is 0 Å². The van der Waals surface area contributed by atoms with Gasteiger partial charge in [0.15, 0.2) is 5.82 Å². The molecule has 2 heterocycles. The summed E-state index contributed by atoms with van der Waals surface area (Å²) in [6.45, 7) is 0.544. The molecule has 0 amide bonds. The highest BCUT2D eigenvalue weighted by Crippen LogP contribution is 2.22. The first-order valence-electron chi connectivity index (χ1n) is 7.96. The third-order valence-electron chi connectivity index (χ3n) is 3.86. The summed E-state index contributed by atoms with van der Waals surface area (Å²) < 4.78 is 2.61. The van der Waals surface area contributed by atoms with E-state index in [4.69, 9.17) is 0 Å². The van der Waals surface area contributed by atoms with Crippen molar-refractivity contribution in [3.05, 3.63) is 69.7 Å². The largest absolute Gasteiger partial charge is 0.298 e. The van der Waals surface area contributed by atoms with Gasteiger partial charge in [-0.1, -0.05) is 52.0 Å². The van der Waals surface area contributed by atoms with Gasteiger partial charge in [0.1, 0.15) is 0 Å². The first-order valence-corrected chi connectivity index (χ1v) is 9.74. The average Bonchev–Trinajstić information content (AvgIpc) is 3.13. The summed E-state index contributed by atoms with van der Waals surface area (Å²) in [5.74, 6) is 1.40. The van der Waals surface area contributed by atoms with Crippen LogP contribution in [0.3, 0.4) is 0 Å². The van der Waals surface area contributed by atoms with Crippen LogP contribution in [0.4, 0.5) is 0 Å². The van der Waals surface area contributed by atoms with Crippen molar-refractivity contribution in [1.29, 1.82) is 0 Å². The van der Waals surface area contributed by atoms with E-state index in [1.807, 2.05) is 42.5 Å². The SMILES string of the molecule is O=c1c2ccccc2ncn1CCSc1n[nH]c(-c2cccc(Br)c2)n1. The minimum atomic E-state index is -0.0268. The Hall–Kier alpha value is -2.45. The van der Waals surface area contributed by atoms with E-state index in [1.54, 1.807) is 17.0 Å². The topological polar surface area (TPSA) is 76.5 Å².